The molecule has 0 aliphatic heterocycles. The van der Waals surface area contributed by atoms with Crippen LogP contribution in [0.2, 0.25) is 0 Å². The highest BCUT2D eigenvalue weighted by Crippen LogP contribution is 2.35. The van der Waals surface area contributed by atoms with Gasteiger partial charge in [-0.25, -0.2) is 0 Å². The van der Waals surface area contributed by atoms with Gasteiger partial charge in [-0.05, 0) is 38.5 Å². The minimum absolute atomic E-state index is 0.104. The zero-order chi connectivity index (χ0) is 17.9. The Morgan fingerprint density at radius 3 is 2.50 bits per heavy atom. The fourth-order valence-electron chi connectivity index (χ4n) is 2.36. The predicted molar refractivity (Wildman–Crippen MR) is 85.7 cm³/mol. The minimum atomic E-state index is -4.43. The fourth-order valence-corrected chi connectivity index (χ4v) is 2.36. The van der Waals surface area contributed by atoms with Crippen LogP contribution in [0.25, 0.3) is 0 Å². The van der Waals surface area contributed by atoms with Crippen molar-refractivity contribution >= 4 is 0 Å². The second-order valence-corrected chi connectivity index (χ2v) is 6.03. The van der Waals surface area contributed by atoms with Crippen LogP contribution >= 0.6 is 0 Å². The van der Waals surface area contributed by atoms with Crippen molar-refractivity contribution in [2.24, 2.45) is 7.05 Å². The lowest BCUT2D eigenvalue weighted by Gasteiger charge is -2.18. The van der Waals surface area contributed by atoms with Crippen LogP contribution in [0.4, 0.5) is 13.2 Å². The van der Waals surface area contributed by atoms with E-state index in [-0.39, 0.29) is 30.0 Å². The van der Waals surface area contributed by atoms with Crippen molar-refractivity contribution in [3.05, 3.63) is 47.3 Å². The number of nitrogens with zero attached hydrogens (tertiary/aromatic N) is 2. The van der Waals surface area contributed by atoms with Crippen molar-refractivity contribution in [3.8, 4) is 5.75 Å². The van der Waals surface area contributed by atoms with Gasteiger partial charge in [0.15, 0.2) is 0 Å². The highest BCUT2D eigenvalue weighted by atomic mass is 19.4. The summed E-state index contributed by atoms with van der Waals surface area (Å²) in [4.78, 5) is 0. The molecule has 1 aromatic carbocycles. The summed E-state index contributed by atoms with van der Waals surface area (Å²) in [5.41, 5.74) is 0.437. The molecule has 0 aliphatic carbocycles. The lowest BCUT2D eigenvalue weighted by Crippen LogP contribution is -2.21. The van der Waals surface area contributed by atoms with Crippen LogP contribution in [0.1, 0.15) is 43.5 Å². The van der Waals surface area contributed by atoms with E-state index in [0.29, 0.717) is 0 Å². The van der Waals surface area contributed by atoms with Crippen molar-refractivity contribution in [2.75, 3.05) is 0 Å². The Morgan fingerprint density at radius 2 is 1.96 bits per heavy atom. The Balaban J connectivity index is 2.16. The molecular weight excluding hydrogens is 319 g/mol. The minimum Gasteiger partial charge on any atom is -0.491 e. The van der Waals surface area contributed by atoms with Gasteiger partial charge in [0.25, 0.3) is 0 Å². The number of hydrogen-bond donors (Lipinski definition) is 1. The maximum absolute atomic E-state index is 13.3. The van der Waals surface area contributed by atoms with E-state index in [9.17, 15) is 13.2 Å². The number of aryl methyl sites for hydroxylation is 1. The summed E-state index contributed by atoms with van der Waals surface area (Å²) in [6.45, 7) is 5.55. The number of halogens is 3. The first-order chi connectivity index (χ1) is 11.2. The number of rotatable bonds is 6. The molecule has 0 unspecified atom stereocenters. The third kappa shape index (κ3) is 4.74. The molecule has 0 saturated carbocycles. The molecule has 132 valence electrons. The fraction of sp³-hybridized carbons (Fsp3) is 0.471. The summed E-state index contributed by atoms with van der Waals surface area (Å²) < 4.78 is 47.0. The van der Waals surface area contributed by atoms with Crippen LogP contribution in [0.3, 0.4) is 0 Å². The second-order valence-electron chi connectivity index (χ2n) is 6.03. The van der Waals surface area contributed by atoms with E-state index in [0.717, 1.165) is 11.6 Å². The summed E-state index contributed by atoms with van der Waals surface area (Å²) in [7, 11) is 1.80. The second kappa shape index (κ2) is 7.25. The van der Waals surface area contributed by atoms with E-state index in [1.165, 1.54) is 6.07 Å². The Kier molecular flexibility index (Phi) is 5.54. The third-order valence-corrected chi connectivity index (χ3v) is 3.58. The number of alkyl halides is 3. The summed E-state index contributed by atoms with van der Waals surface area (Å²) in [6.07, 6.45) is -1.07. The van der Waals surface area contributed by atoms with Gasteiger partial charge in [0.05, 0.1) is 17.9 Å². The lowest BCUT2D eigenvalue weighted by atomic mass is 10.1. The molecule has 2 aromatic rings. The van der Waals surface area contributed by atoms with Crippen LogP contribution in [0.15, 0.2) is 30.6 Å². The van der Waals surface area contributed by atoms with Gasteiger partial charge in [-0.1, -0.05) is 6.07 Å². The summed E-state index contributed by atoms with van der Waals surface area (Å²) in [6, 6.07) is 3.99. The first kappa shape index (κ1) is 18.3. The molecule has 0 saturated heterocycles. The Labute approximate surface area is 139 Å². The summed E-state index contributed by atoms with van der Waals surface area (Å²) in [5.74, 6) is 0.224. The van der Waals surface area contributed by atoms with Gasteiger partial charge in [0.1, 0.15) is 5.75 Å². The zero-order valence-corrected chi connectivity index (χ0v) is 14.2. The van der Waals surface area contributed by atoms with Crippen molar-refractivity contribution in [1.82, 2.24) is 15.1 Å². The molecule has 2 rings (SSSR count). The molecular formula is C17H22F3N3O. The maximum Gasteiger partial charge on any atom is 0.416 e. The van der Waals surface area contributed by atoms with E-state index in [4.69, 9.17) is 4.74 Å². The highest BCUT2D eigenvalue weighted by molar-refractivity contribution is 5.37. The first-order valence-electron chi connectivity index (χ1n) is 7.75. The normalized spacial score (nSPS) is 13.3. The third-order valence-electron chi connectivity index (χ3n) is 3.58. The average Bonchev–Trinajstić information content (AvgIpc) is 2.90. The van der Waals surface area contributed by atoms with Gasteiger partial charge in [-0.3, -0.25) is 4.68 Å². The van der Waals surface area contributed by atoms with Gasteiger partial charge in [-0.15, -0.1) is 0 Å². The van der Waals surface area contributed by atoms with E-state index < -0.39 is 11.7 Å². The predicted octanol–water partition coefficient (Wildman–Crippen LogP) is 4.08. The Morgan fingerprint density at radius 1 is 1.25 bits per heavy atom. The quantitative estimate of drug-likeness (QED) is 0.861. The van der Waals surface area contributed by atoms with Crippen LogP contribution in [-0.4, -0.2) is 15.9 Å². The molecule has 1 atom stereocenters. The largest absolute Gasteiger partial charge is 0.491 e. The molecule has 24 heavy (non-hydrogen) atoms. The number of aromatic nitrogens is 2. The first-order valence-corrected chi connectivity index (χ1v) is 7.75. The Hall–Kier alpha value is -2.02. The van der Waals surface area contributed by atoms with Crippen LogP contribution < -0.4 is 10.1 Å². The van der Waals surface area contributed by atoms with E-state index in [1.54, 1.807) is 37.8 Å². The molecule has 1 heterocycles. The van der Waals surface area contributed by atoms with Gasteiger partial charge >= 0.3 is 6.18 Å². The summed E-state index contributed by atoms with van der Waals surface area (Å²) >= 11 is 0. The SMILES string of the molecule is CC(C)Oc1ccc(CN[C@@H](C)c2cnn(C)c2)c(C(F)(F)F)c1. The van der Waals surface area contributed by atoms with Crippen molar-refractivity contribution in [1.29, 1.82) is 0 Å². The van der Waals surface area contributed by atoms with Crippen molar-refractivity contribution in [3.63, 3.8) is 0 Å². The molecule has 0 aliphatic rings. The van der Waals surface area contributed by atoms with Gasteiger partial charge in [-0.2, -0.15) is 18.3 Å². The number of benzene rings is 1. The van der Waals surface area contributed by atoms with Gasteiger partial charge < -0.3 is 10.1 Å². The monoisotopic (exact) mass is 341 g/mol. The molecule has 1 N–H and O–H groups in total. The molecule has 4 nitrogen and oxygen atoms in total. The molecule has 0 amide bonds. The molecule has 0 fully saturated rings. The maximum atomic E-state index is 13.3. The standard InChI is InChI=1S/C17H22F3N3O/c1-11(2)24-15-6-5-13(16(7-15)17(18,19)20)8-21-12(3)14-9-22-23(4)10-14/h5-7,9-12,21H,8H2,1-4H3/t12-/m0/s1. The van der Waals surface area contributed by atoms with E-state index in [2.05, 4.69) is 10.4 Å². The van der Waals surface area contributed by atoms with Crippen LogP contribution in [0.5, 0.6) is 5.75 Å². The molecule has 1 aromatic heterocycles. The van der Waals surface area contributed by atoms with Gasteiger partial charge in [0, 0.05) is 31.4 Å². The zero-order valence-electron chi connectivity index (χ0n) is 14.2. The lowest BCUT2D eigenvalue weighted by molar-refractivity contribution is -0.138. The highest BCUT2D eigenvalue weighted by Gasteiger charge is 2.33. The number of nitrogens with one attached hydrogen (secondary N) is 1. The van der Waals surface area contributed by atoms with Crippen LogP contribution in [0, 0.1) is 0 Å². The average molecular weight is 341 g/mol. The van der Waals surface area contributed by atoms with Crippen molar-refractivity contribution in [2.45, 2.75) is 45.6 Å². The van der Waals surface area contributed by atoms with Crippen molar-refractivity contribution < 1.29 is 17.9 Å². The topological polar surface area (TPSA) is 39.1 Å². The molecule has 7 heteroatoms. The summed E-state index contributed by atoms with van der Waals surface area (Å²) in [5, 5.41) is 7.18. The molecule has 0 bridgehead atoms. The van der Waals surface area contributed by atoms with Gasteiger partial charge in [0.2, 0.25) is 0 Å². The molecule has 0 spiro atoms. The van der Waals surface area contributed by atoms with Crippen LogP contribution in [-0.2, 0) is 19.8 Å². The smallest absolute Gasteiger partial charge is 0.416 e. The number of hydrogen-bond acceptors (Lipinski definition) is 3. The number of ether oxygens (including phenoxy) is 1. The van der Waals surface area contributed by atoms with E-state index >= 15 is 0 Å². The molecule has 0 radical (unpaired) electrons. The Bertz CT molecular complexity index is 680. The van der Waals surface area contributed by atoms with E-state index in [1.807, 2.05) is 13.1 Å².